The van der Waals surface area contributed by atoms with Gasteiger partial charge in [0.15, 0.2) is 0 Å². The Hall–Kier alpha value is -8.02. The van der Waals surface area contributed by atoms with E-state index in [1.807, 2.05) is 0 Å². The van der Waals surface area contributed by atoms with Crippen molar-refractivity contribution in [1.82, 2.24) is 31.9 Å². The number of esters is 8. The Morgan fingerprint density at radius 2 is 0.633 bits per heavy atom. The standard InChI is InChI=1S/C49H58Br2N6O22/c1-72-39(62)17-31(45(68)76-5)54-35(58)15-29(43(66)56-33(47(70)78-7)19-41(64)74-3)52-37(60)21-49(27-13-23(50)9-11-25(27)26-12-10-24(51)14-28(26)49)22-38(61)53-30(44(67)57-34(48(71)79-8)20-42(65)75-4)16-36(59)55-32(46(69)77-6)18-40(63)73-2/h9-14,29-34H,15-22H2,1-8H3,(H,52,60)(H,53,61)(H,54,58)(H,55,59)(H,56,66)(H,57,67). The number of carbonyl (C=O) groups excluding carboxylic acids is 14. The van der Waals surface area contributed by atoms with Gasteiger partial charge in [0.1, 0.15) is 36.3 Å². The van der Waals surface area contributed by atoms with Crippen LogP contribution in [0.2, 0.25) is 0 Å². The third kappa shape index (κ3) is 18.6. The van der Waals surface area contributed by atoms with E-state index in [0.29, 0.717) is 31.2 Å². The molecule has 2 aromatic carbocycles. The van der Waals surface area contributed by atoms with Crippen LogP contribution >= 0.6 is 31.9 Å². The monoisotopic (exact) mass is 1240 g/mol. The highest BCUT2D eigenvalue weighted by molar-refractivity contribution is 9.10. The van der Waals surface area contributed by atoms with Crippen LogP contribution in [0.4, 0.5) is 0 Å². The molecule has 28 nitrogen and oxygen atoms in total. The molecule has 1 aliphatic rings. The van der Waals surface area contributed by atoms with Gasteiger partial charge in [-0.25, -0.2) is 19.2 Å². The van der Waals surface area contributed by atoms with Crippen LogP contribution < -0.4 is 31.9 Å². The smallest absolute Gasteiger partial charge is 0.328 e. The quantitative estimate of drug-likeness (QED) is 0.0435. The first-order valence-electron chi connectivity index (χ1n) is 23.3. The summed E-state index contributed by atoms with van der Waals surface area (Å²) in [5.41, 5.74) is -0.249. The van der Waals surface area contributed by atoms with Crippen LogP contribution in [0.1, 0.15) is 62.5 Å². The molecule has 0 bridgehead atoms. The van der Waals surface area contributed by atoms with Crippen LogP contribution in [-0.2, 0) is 110 Å². The summed E-state index contributed by atoms with van der Waals surface area (Å²) >= 11 is 6.89. The number of fused-ring (bicyclic) bond motifs is 3. The van der Waals surface area contributed by atoms with Gasteiger partial charge >= 0.3 is 47.8 Å². The molecule has 0 saturated heterocycles. The SMILES string of the molecule is COC(=O)CC(NC(=O)CC(NC(=O)CC1(CC(=O)NC(CC(=O)NC(CC(=O)OC)C(=O)OC)C(=O)NC(CC(=O)OC)C(=O)OC)c2cc(Br)ccc2-c2ccc(Br)cc21)C(=O)NC(CC(=O)OC)C(=O)OC)C(=O)OC. The van der Waals surface area contributed by atoms with Crippen LogP contribution in [0.3, 0.4) is 0 Å². The first kappa shape index (κ1) is 65.3. The topological polar surface area (TPSA) is 385 Å². The van der Waals surface area contributed by atoms with Crippen LogP contribution in [0.5, 0.6) is 0 Å². The summed E-state index contributed by atoms with van der Waals surface area (Å²) in [5.74, 6) is -15.3. The third-order valence-corrected chi connectivity index (χ3v) is 12.9. The van der Waals surface area contributed by atoms with Crippen molar-refractivity contribution in [3.8, 4) is 11.1 Å². The first-order chi connectivity index (χ1) is 37.3. The van der Waals surface area contributed by atoms with Gasteiger partial charge in [-0.1, -0.05) is 44.0 Å². The molecule has 0 aromatic heterocycles. The number of hydrogen-bond donors (Lipinski definition) is 6. The number of carbonyl (C=O) groups is 14. The lowest BCUT2D eigenvalue weighted by molar-refractivity contribution is -0.151. The molecule has 0 heterocycles. The van der Waals surface area contributed by atoms with Crippen molar-refractivity contribution in [1.29, 1.82) is 0 Å². The molecule has 0 saturated carbocycles. The summed E-state index contributed by atoms with van der Waals surface area (Å²) in [6.07, 6.45) is -6.64. The number of ether oxygens (including phenoxy) is 8. The Morgan fingerprint density at radius 1 is 0.367 bits per heavy atom. The molecule has 2 aromatic rings. The predicted molar refractivity (Wildman–Crippen MR) is 273 cm³/mol. The second-order valence-electron chi connectivity index (χ2n) is 17.0. The minimum atomic E-state index is -1.99. The molecule has 6 N–H and O–H groups in total. The molecule has 6 unspecified atom stereocenters. The minimum Gasteiger partial charge on any atom is -0.469 e. The van der Waals surface area contributed by atoms with E-state index < -0.39 is 176 Å². The zero-order valence-corrected chi connectivity index (χ0v) is 47.0. The number of benzene rings is 2. The van der Waals surface area contributed by atoms with Gasteiger partial charge in [0.05, 0.1) is 95.4 Å². The Labute approximate surface area is 467 Å². The Balaban J connectivity index is 2.24. The fraction of sp³-hybridized carbons (Fsp3) is 0.469. The molecule has 0 fully saturated rings. The highest BCUT2D eigenvalue weighted by Gasteiger charge is 2.48. The average molecular weight is 1240 g/mol. The summed E-state index contributed by atoms with van der Waals surface area (Å²) in [6.45, 7) is 0. The lowest BCUT2D eigenvalue weighted by atomic mass is 9.72. The predicted octanol–water partition coefficient (Wildman–Crippen LogP) is -1.11. The number of nitrogens with one attached hydrogen (secondary N) is 6. The molecule has 6 amide bonds. The molecule has 79 heavy (non-hydrogen) atoms. The van der Waals surface area contributed by atoms with Crippen LogP contribution in [-0.4, -0.2) is 176 Å². The van der Waals surface area contributed by atoms with Gasteiger partial charge in [0, 0.05) is 27.2 Å². The highest BCUT2D eigenvalue weighted by atomic mass is 79.9. The molecular formula is C49H58Br2N6O22. The van der Waals surface area contributed by atoms with E-state index in [-0.39, 0.29) is 0 Å². The number of rotatable bonds is 28. The van der Waals surface area contributed by atoms with E-state index >= 15 is 0 Å². The fourth-order valence-corrected chi connectivity index (χ4v) is 8.83. The number of methoxy groups -OCH3 is 8. The van der Waals surface area contributed by atoms with Crippen molar-refractivity contribution in [2.45, 2.75) is 93.0 Å². The Kier molecular flexibility index (Phi) is 25.4. The summed E-state index contributed by atoms with van der Waals surface area (Å²) < 4.78 is 38.3. The van der Waals surface area contributed by atoms with Crippen LogP contribution in [0, 0.1) is 0 Å². The lowest BCUT2D eigenvalue weighted by Crippen LogP contribution is -2.56. The second-order valence-corrected chi connectivity index (χ2v) is 18.9. The van der Waals surface area contributed by atoms with Gasteiger partial charge in [-0.3, -0.25) is 47.9 Å². The highest BCUT2D eigenvalue weighted by Crippen LogP contribution is 2.54. The van der Waals surface area contributed by atoms with Gasteiger partial charge in [-0.2, -0.15) is 0 Å². The minimum absolute atomic E-state index is 0.304. The summed E-state index contributed by atoms with van der Waals surface area (Å²) in [7, 11) is 7.86. The molecular weight excluding hydrogens is 1180 g/mol. The molecule has 6 atom stereocenters. The summed E-state index contributed by atoms with van der Waals surface area (Å²) in [6, 6.07) is -0.950. The van der Waals surface area contributed by atoms with Crippen molar-refractivity contribution in [3.05, 3.63) is 56.5 Å². The van der Waals surface area contributed by atoms with Crippen LogP contribution in [0.15, 0.2) is 45.3 Å². The van der Waals surface area contributed by atoms with Gasteiger partial charge in [0.2, 0.25) is 35.4 Å². The molecule has 0 aliphatic heterocycles. The lowest BCUT2D eigenvalue weighted by Gasteiger charge is -2.33. The van der Waals surface area contributed by atoms with E-state index in [2.05, 4.69) is 82.7 Å². The number of hydrogen-bond acceptors (Lipinski definition) is 22. The molecule has 0 radical (unpaired) electrons. The molecule has 1 aliphatic carbocycles. The van der Waals surface area contributed by atoms with E-state index in [9.17, 15) is 67.1 Å². The van der Waals surface area contributed by atoms with Crippen molar-refractivity contribution < 1.29 is 105 Å². The average Bonchev–Trinajstić information content (AvgIpc) is 3.96. The fourth-order valence-electron chi connectivity index (χ4n) is 8.10. The van der Waals surface area contributed by atoms with E-state index in [1.54, 1.807) is 36.4 Å². The number of amides is 6. The van der Waals surface area contributed by atoms with Crippen molar-refractivity contribution in [3.63, 3.8) is 0 Å². The maximum absolute atomic E-state index is 14.9. The zero-order valence-electron chi connectivity index (χ0n) is 43.8. The van der Waals surface area contributed by atoms with Crippen LogP contribution in [0.25, 0.3) is 11.1 Å². The normalized spacial score (nSPS) is 13.8. The van der Waals surface area contributed by atoms with Gasteiger partial charge in [-0.15, -0.1) is 0 Å². The number of halogens is 2. The third-order valence-electron chi connectivity index (χ3n) is 11.9. The van der Waals surface area contributed by atoms with Gasteiger partial charge in [-0.05, 0) is 46.5 Å². The van der Waals surface area contributed by atoms with Crippen molar-refractivity contribution in [2.24, 2.45) is 0 Å². The van der Waals surface area contributed by atoms with Crippen molar-refractivity contribution in [2.75, 3.05) is 56.9 Å². The van der Waals surface area contributed by atoms with Gasteiger partial charge in [0.25, 0.3) is 0 Å². The second kappa shape index (κ2) is 30.8. The molecule has 0 spiro atoms. The maximum atomic E-state index is 14.9. The molecule has 430 valence electrons. The van der Waals surface area contributed by atoms with E-state index in [0.717, 1.165) is 56.9 Å². The van der Waals surface area contributed by atoms with Gasteiger partial charge < -0.3 is 69.8 Å². The maximum Gasteiger partial charge on any atom is 0.328 e. The van der Waals surface area contributed by atoms with E-state index in [1.165, 1.54) is 0 Å². The first-order valence-corrected chi connectivity index (χ1v) is 24.9. The zero-order chi connectivity index (χ0) is 59.3. The Bertz CT molecular complexity index is 2520. The Morgan fingerprint density at radius 3 is 0.899 bits per heavy atom. The van der Waals surface area contributed by atoms with Crippen molar-refractivity contribution >= 4 is 115 Å². The molecule has 30 heteroatoms. The molecule has 3 rings (SSSR count). The largest absolute Gasteiger partial charge is 0.469 e. The van der Waals surface area contributed by atoms with E-state index in [4.69, 9.17) is 18.9 Å². The summed E-state index contributed by atoms with van der Waals surface area (Å²) in [4.78, 5) is 185. The summed E-state index contributed by atoms with van der Waals surface area (Å²) in [5, 5.41) is 13.9.